The Morgan fingerprint density at radius 1 is 1.11 bits per heavy atom. The molecular formula is C19H22F3N5O. The Labute approximate surface area is 161 Å². The van der Waals surface area contributed by atoms with Gasteiger partial charge in [0.15, 0.2) is 0 Å². The normalized spacial score (nSPS) is 14.2. The van der Waals surface area contributed by atoms with Crippen LogP contribution in [0.5, 0.6) is 0 Å². The molecule has 28 heavy (non-hydrogen) atoms. The van der Waals surface area contributed by atoms with E-state index >= 15 is 0 Å². The summed E-state index contributed by atoms with van der Waals surface area (Å²) in [6, 6.07) is 6.67. The minimum Gasteiger partial charge on any atom is -0.368 e. The molecule has 150 valence electrons. The van der Waals surface area contributed by atoms with Crippen molar-refractivity contribution in [3.05, 3.63) is 47.8 Å². The van der Waals surface area contributed by atoms with Crippen molar-refractivity contribution < 1.29 is 18.0 Å². The quantitative estimate of drug-likeness (QED) is 0.708. The molecule has 2 N–H and O–H groups in total. The molecule has 1 aliphatic rings. The van der Waals surface area contributed by atoms with Crippen molar-refractivity contribution in [3.63, 3.8) is 0 Å². The zero-order valence-corrected chi connectivity index (χ0v) is 15.3. The largest absolute Gasteiger partial charge is 0.416 e. The van der Waals surface area contributed by atoms with Crippen LogP contribution in [-0.4, -0.2) is 42.1 Å². The number of carbonyl (C=O) groups excluding carboxylic acids is 1. The van der Waals surface area contributed by atoms with Gasteiger partial charge in [-0.15, -0.1) is 0 Å². The summed E-state index contributed by atoms with van der Waals surface area (Å²) in [6.45, 7) is 2.76. The predicted molar refractivity (Wildman–Crippen MR) is 100 cm³/mol. The molecule has 1 amide bonds. The smallest absolute Gasteiger partial charge is 0.368 e. The lowest BCUT2D eigenvalue weighted by molar-refractivity contribution is -0.137. The third-order valence-corrected chi connectivity index (χ3v) is 4.45. The van der Waals surface area contributed by atoms with Gasteiger partial charge < -0.3 is 15.5 Å². The molecular weight excluding hydrogens is 371 g/mol. The number of nitrogens with zero attached hydrogens (tertiary/aromatic N) is 3. The maximum Gasteiger partial charge on any atom is 0.416 e. The van der Waals surface area contributed by atoms with Crippen molar-refractivity contribution in [2.45, 2.75) is 25.4 Å². The number of anilines is 2. The number of halogens is 3. The lowest BCUT2D eigenvalue weighted by atomic mass is 10.1. The van der Waals surface area contributed by atoms with Gasteiger partial charge in [-0.2, -0.15) is 13.2 Å². The summed E-state index contributed by atoms with van der Waals surface area (Å²) in [5, 5.41) is 5.81. The molecule has 2 aromatic rings. The molecule has 6 nitrogen and oxygen atoms in total. The second kappa shape index (κ2) is 8.90. The molecule has 1 aromatic heterocycles. The summed E-state index contributed by atoms with van der Waals surface area (Å²) in [6.07, 6.45) is -0.698. The van der Waals surface area contributed by atoms with Gasteiger partial charge in [0, 0.05) is 32.2 Å². The van der Waals surface area contributed by atoms with Gasteiger partial charge in [0.2, 0.25) is 5.91 Å². The molecule has 1 fully saturated rings. The van der Waals surface area contributed by atoms with Crippen molar-refractivity contribution in [2.75, 3.05) is 36.4 Å². The number of carbonyl (C=O) groups is 1. The van der Waals surface area contributed by atoms with E-state index in [1.165, 1.54) is 18.5 Å². The standard InChI is InChI=1S/C19H22F3N5O/c20-19(21,22)15-5-3-4-14(10-15)11-18(28)24-7-6-23-16-12-17(26-13-25-16)27-8-1-2-9-27/h3-5,10,12-13H,1-2,6-9,11H2,(H,24,28)(H,23,25,26). The molecule has 9 heteroatoms. The van der Waals surface area contributed by atoms with Crippen molar-refractivity contribution >= 4 is 17.5 Å². The molecule has 0 radical (unpaired) electrons. The van der Waals surface area contributed by atoms with E-state index in [0.29, 0.717) is 24.5 Å². The molecule has 1 aromatic carbocycles. The van der Waals surface area contributed by atoms with Gasteiger partial charge in [-0.3, -0.25) is 4.79 Å². The molecule has 0 bridgehead atoms. The summed E-state index contributed by atoms with van der Waals surface area (Å²) in [7, 11) is 0. The Morgan fingerprint density at radius 3 is 2.64 bits per heavy atom. The number of rotatable bonds is 7. The molecule has 0 aliphatic carbocycles. The summed E-state index contributed by atoms with van der Waals surface area (Å²) >= 11 is 0. The minimum atomic E-state index is -4.41. The Balaban J connectivity index is 1.43. The van der Waals surface area contributed by atoms with E-state index in [0.717, 1.165) is 43.9 Å². The van der Waals surface area contributed by atoms with Crippen molar-refractivity contribution in [1.29, 1.82) is 0 Å². The van der Waals surface area contributed by atoms with Crippen molar-refractivity contribution in [1.82, 2.24) is 15.3 Å². The molecule has 0 saturated carbocycles. The Morgan fingerprint density at radius 2 is 1.89 bits per heavy atom. The number of hydrogen-bond acceptors (Lipinski definition) is 5. The van der Waals surface area contributed by atoms with E-state index in [4.69, 9.17) is 0 Å². The van der Waals surface area contributed by atoms with Gasteiger partial charge in [0.25, 0.3) is 0 Å². The highest BCUT2D eigenvalue weighted by atomic mass is 19.4. The van der Waals surface area contributed by atoms with Crippen molar-refractivity contribution in [3.8, 4) is 0 Å². The van der Waals surface area contributed by atoms with Gasteiger partial charge in [-0.1, -0.05) is 18.2 Å². The number of aromatic nitrogens is 2. The number of amides is 1. The summed E-state index contributed by atoms with van der Waals surface area (Å²) in [5.74, 6) is 1.22. The molecule has 0 spiro atoms. The van der Waals surface area contributed by atoms with Crippen molar-refractivity contribution in [2.24, 2.45) is 0 Å². The fraction of sp³-hybridized carbons (Fsp3) is 0.421. The van der Waals surface area contributed by atoms with Crippen LogP contribution in [0.3, 0.4) is 0 Å². The van der Waals surface area contributed by atoms with Gasteiger partial charge in [-0.25, -0.2) is 9.97 Å². The van der Waals surface area contributed by atoms with E-state index in [1.54, 1.807) is 0 Å². The van der Waals surface area contributed by atoms with Crippen LogP contribution < -0.4 is 15.5 Å². The van der Waals surface area contributed by atoms with Crippen LogP contribution in [0.25, 0.3) is 0 Å². The fourth-order valence-corrected chi connectivity index (χ4v) is 3.06. The first kappa shape index (κ1) is 19.9. The van der Waals surface area contributed by atoms with Gasteiger partial charge >= 0.3 is 6.18 Å². The van der Waals surface area contributed by atoms with Gasteiger partial charge in [-0.05, 0) is 24.5 Å². The summed E-state index contributed by atoms with van der Waals surface area (Å²) in [4.78, 5) is 22.6. The van der Waals surface area contributed by atoms with E-state index < -0.39 is 11.7 Å². The second-order valence-electron chi connectivity index (χ2n) is 6.61. The van der Waals surface area contributed by atoms with Crippen LogP contribution in [0.15, 0.2) is 36.7 Å². The molecule has 0 unspecified atom stereocenters. The first-order valence-electron chi connectivity index (χ1n) is 9.15. The Hall–Kier alpha value is -2.84. The van der Waals surface area contributed by atoms with Crippen LogP contribution >= 0.6 is 0 Å². The Bertz CT molecular complexity index is 806. The summed E-state index contributed by atoms with van der Waals surface area (Å²) in [5.41, 5.74) is -0.427. The zero-order chi connectivity index (χ0) is 20.0. The fourth-order valence-electron chi connectivity index (χ4n) is 3.06. The number of alkyl halides is 3. The molecule has 1 aliphatic heterocycles. The van der Waals surface area contributed by atoms with E-state index in [-0.39, 0.29) is 12.3 Å². The van der Waals surface area contributed by atoms with E-state index in [1.807, 2.05) is 6.07 Å². The maximum absolute atomic E-state index is 12.7. The highest BCUT2D eigenvalue weighted by Crippen LogP contribution is 2.29. The number of hydrogen-bond donors (Lipinski definition) is 2. The lowest BCUT2D eigenvalue weighted by Gasteiger charge is -2.16. The van der Waals surface area contributed by atoms with Crippen LogP contribution in [-0.2, 0) is 17.4 Å². The topological polar surface area (TPSA) is 70.2 Å². The SMILES string of the molecule is O=C(Cc1cccc(C(F)(F)F)c1)NCCNc1cc(N2CCCC2)ncn1. The van der Waals surface area contributed by atoms with Crippen LogP contribution in [0.4, 0.5) is 24.8 Å². The third kappa shape index (κ3) is 5.58. The Kier molecular flexibility index (Phi) is 6.33. The van der Waals surface area contributed by atoms with Crippen LogP contribution in [0.2, 0.25) is 0 Å². The predicted octanol–water partition coefficient (Wildman–Crippen LogP) is 2.87. The first-order valence-corrected chi connectivity index (χ1v) is 9.15. The zero-order valence-electron chi connectivity index (χ0n) is 15.3. The van der Waals surface area contributed by atoms with Gasteiger partial charge in [0.05, 0.1) is 12.0 Å². The third-order valence-electron chi connectivity index (χ3n) is 4.45. The number of nitrogens with one attached hydrogen (secondary N) is 2. The molecule has 3 rings (SSSR count). The van der Waals surface area contributed by atoms with E-state index in [2.05, 4.69) is 25.5 Å². The second-order valence-corrected chi connectivity index (χ2v) is 6.61. The monoisotopic (exact) mass is 393 g/mol. The van der Waals surface area contributed by atoms with Crippen LogP contribution in [0.1, 0.15) is 24.0 Å². The van der Waals surface area contributed by atoms with E-state index in [9.17, 15) is 18.0 Å². The molecule has 2 heterocycles. The highest BCUT2D eigenvalue weighted by molar-refractivity contribution is 5.78. The first-order chi connectivity index (χ1) is 13.4. The number of benzene rings is 1. The average molecular weight is 393 g/mol. The lowest BCUT2D eigenvalue weighted by Crippen LogP contribution is -2.30. The average Bonchev–Trinajstić information content (AvgIpc) is 3.20. The van der Waals surface area contributed by atoms with Crippen LogP contribution in [0, 0.1) is 0 Å². The molecule has 1 saturated heterocycles. The van der Waals surface area contributed by atoms with Gasteiger partial charge in [0.1, 0.15) is 18.0 Å². The summed E-state index contributed by atoms with van der Waals surface area (Å²) < 4.78 is 38.2. The maximum atomic E-state index is 12.7. The minimum absolute atomic E-state index is 0.101. The highest BCUT2D eigenvalue weighted by Gasteiger charge is 2.30. The molecule has 0 atom stereocenters.